The van der Waals surface area contributed by atoms with Crippen molar-refractivity contribution in [3.63, 3.8) is 0 Å². The third kappa shape index (κ3) is 3.89. The molecule has 27 heavy (non-hydrogen) atoms. The Kier molecular flexibility index (Phi) is 4.59. The average Bonchev–Trinajstić information content (AvgIpc) is 2.60. The highest BCUT2D eigenvalue weighted by atomic mass is 19.4. The van der Waals surface area contributed by atoms with Crippen LogP contribution in [0.1, 0.15) is 11.1 Å². The zero-order chi connectivity index (χ0) is 19.8. The number of nitrogen functional groups attached to an aromatic ring is 1. The van der Waals surface area contributed by atoms with Gasteiger partial charge in [0.25, 0.3) is 0 Å². The first-order chi connectivity index (χ1) is 12.6. The van der Waals surface area contributed by atoms with Crippen LogP contribution < -0.4 is 5.73 Å². The van der Waals surface area contributed by atoms with Gasteiger partial charge in [-0.25, -0.2) is 4.98 Å². The highest BCUT2D eigenvalue weighted by Gasteiger charge is 2.35. The zero-order valence-electron chi connectivity index (χ0n) is 13.6. The lowest BCUT2D eigenvalue weighted by atomic mass is 10.00. The van der Waals surface area contributed by atoms with Crippen molar-refractivity contribution in [2.75, 3.05) is 5.73 Å². The number of rotatable bonds is 2. The van der Waals surface area contributed by atoms with Crippen LogP contribution >= 0.6 is 0 Å². The highest BCUT2D eigenvalue weighted by molar-refractivity contribution is 5.74. The fourth-order valence-corrected chi connectivity index (χ4v) is 2.74. The van der Waals surface area contributed by atoms with Crippen LogP contribution in [0.4, 0.5) is 32.0 Å². The van der Waals surface area contributed by atoms with Crippen LogP contribution in [0.2, 0.25) is 0 Å². The van der Waals surface area contributed by atoms with E-state index >= 15 is 0 Å². The molecule has 140 valence electrons. The van der Waals surface area contributed by atoms with E-state index in [0.717, 1.165) is 12.1 Å². The molecule has 8 heteroatoms. The van der Waals surface area contributed by atoms with Gasteiger partial charge in [-0.15, -0.1) is 0 Å². The van der Waals surface area contributed by atoms with Gasteiger partial charge in [-0.05, 0) is 24.3 Å². The fraction of sp³-hybridized carbons (Fsp3) is 0.105. The molecule has 0 aliphatic carbocycles. The molecule has 0 aliphatic heterocycles. The lowest BCUT2D eigenvalue weighted by molar-refractivity contribution is -0.137. The summed E-state index contributed by atoms with van der Waals surface area (Å²) in [6.45, 7) is 0. The van der Waals surface area contributed by atoms with Crippen molar-refractivity contribution in [3.8, 4) is 22.5 Å². The van der Waals surface area contributed by atoms with Crippen molar-refractivity contribution in [2.24, 2.45) is 0 Å². The van der Waals surface area contributed by atoms with Crippen molar-refractivity contribution in [1.29, 1.82) is 0 Å². The first-order valence-corrected chi connectivity index (χ1v) is 7.68. The summed E-state index contributed by atoms with van der Waals surface area (Å²) in [5, 5.41) is 0. The molecule has 0 radical (unpaired) electrons. The van der Waals surface area contributed by atoms with Gasteiger partial charge >= 0.3 is 12.4 Å². The molecule has 0 fully saturated rings. The quantitative estimate of drug-likeness (QED) is 0.549. The maximum atomic E-state index is 13.3. The van der Waals surface area contributed by atoms with Crippen LogP contribution in [0.5, 0.6) is 0 Å². The van der Waals surface area contributed by atoms with E-state index in [4.69, 9.17) is 5.73 Å². The average molecular weight is 382 g/mol. The smallest absolute Gasteiger partial charge is 0.399 e. The van der Waals surface area contributed by atoms with Crippen molar-refractivity contribution in [2.45, 2.75) is 12.4 Å². The van der Waals surface area contributed by atoms with E-state index in [1.807, 2.05) is 0 Å². The monoisotopic (exact) mass is 382 g/mol. The molecule has 0 bridgehead atoms. The van der Waals surface area contributed by atoms with Crippen LogP contribution in [-0.4, -0.2) is 4.98 Å². The van der Waals surface area contributed by atoms with E-state index in [9.17, 15) is 26.3 Å². The van der Waals surface area contributed by atoms with Gasteiger partial charge in [-0.3, -0.25) is 0 Å². The Labute approximate surface area is 150 Å². The summed E-state index contributed by atoms with van der Waals surface area (Å²) in [7, 11) is 0. The number of nitrogens with two attached hydrogens (primary N) is 1. The standard InChI is InChI=1S/C19H12F6N2/c20-18(21,22)14-7-3-1-5-12(14)16-9-11(26)10-17(27-16)13-6-2-4-8-15(13)19(23,24)25/h1-10H,(H2,26,27). The van der Waals surface area contributed by atoms with Crippen LogP contribution in [0.15, 0.2) is 60.7 Å². The highest BCUT2D eigenvalue weighted by Crippen LogP contribution is 2.40. The molecule has 1 aromatic heterocycles. The largest absolute Gasteiger partial charge is 0.417 e. The molecule has 3 aromatic rings. The summed E-state index contributed by atoms with van der Waals surface area (Å²) in [5.74, 6) is 0. The minimum Gasteiger partial charge on any atom is -0.399 e. The third-order valence-electron chi connectivity index (χ3n) is 3.86. The number of alkyl halides is 6. The van der Waals surface area contributed by atoms with Crippen molar-refractivity contribution in [3.05, 3.63) is 71.8 Å². The van der Waals surface area contributed by atoms with Gasteiger partial charge in [0.15, 0.2) is 0 Å². The summed E-state index contributed by atoms with van der Waals surface area (Å²) in [4.78, 5) is 4.04. The molecule has 3 rings (SSSR count). The molecular weight excluding hydrogens is 370 g/mol. The molecule has 0 spiro atoms. The molecule has 2 N–H and O–H groups in total. The summed E-state index contributed by atoms with van der Waals surface area (Å²) in [6, 6.07) is 11.8. The lowest BCUT2D eigenvalue weighted by Crippen LogP contribution is -2.09. The van der Waals surface area contributed by atoms with E-state index in [0.29, 0.717) is 0 Å². The van der Waals surface area contributed by atoms with Crippen molar-refractivity contribution in [1.82, 2.24) is 4.98 Å². The predicted octanol–water partition coefficient (Wildman–Crippen LogP) is 6.04. The van der Waals surface area contributed by atoms with Crippen LogP contribution in [-0.2, 0) is 12.4 Å². The number of halogens is 6. The minimum absolute atomic E-state index is 0.00366. The number of nitrogens with zero attached hydrogens (tertiary/aromatic N) is 1. The third-order valence-corrected chi connectivity index (χ3v) is 3.86. The van der Waals surface area contributed by atoms with Crippen molar-refractivity contribution < 1.29 is 26.3 Å². The second-order valence-electron chi connectivity index (χ2n) is 5.76. The maximum Gasteiger partial charge on any atom is 0.417 e. The minimum atomic E-state index is -4.65. The molecule has 0 aliphatic rings. The Hall–Kier alpha value is -3.03. The second kappa shape index (κ2) is 6.61. The van der Waals surface area contributed by atoms with Crippen LogP contribution in [0.25, 0.3) is 22.5 Å². The summed E-state index contributed by atoms with van der Waals surface area (Å²) >= 11 is 0. The van der Waals surface area contributed by atoms with Gasteiger partial charge in [-0.1, -0.05) is 36.4 Å². The molecule has 0 saturated heterocycles. The number of pyridine rings is 1. The Bertz CT molecular complexity index is 901. The molecule has 1 heterocycles. The summed E-state index contributed by atoms with van der Waals surface area (Å²) < 4.78 is 79.6. The number of aromatic nitrogens is 1. The van der Waals surface area contributed by atoms with Gasteiger partial charge in [-0.2, -0.15) is 26.3 Å². The first-order valence-electron chi connectivity index (χ1n) is 7.68. The zero-order valence-corrected chi connectivity index (χ0v) is 13.6. The molecule has 0 unspecified atom stereocenters. The molecule has 0 amide bonds. The van der Waals surface area contributed by atoms with Gasteiger partial charge in [0, 0.05) is 16.8 Å². The van der Waals surface area contributed by atoms with Gasteiger partial charge in [0.2, 0.25) is 0 Å². The Morgan fingerprint density at radius 2 is 1.00 bits per heavy atom. The molecule has 0 saturated carbocycles. The van der Waals surface area contributed by atoms with E-state index in [2.05, 4.69) is 4.98 Å². The topological polar surface area (TPSA) is 38.9 Å². The van der Waals surface area contributed by atoms with E-state index in [1.165, 1.54) is 48.5 Å². The van der Waals surface area contributed by atoms with Gasteiger partial charge < -0.3 is 5.73 Å². The van der Waals surface area contributed by atoms with Crippen LogP contribution in [0, 0.1) is 0 Å². The Balaban J connectivity index is 2.23. The number of benzene rings is 2. The normalized spacial score (nSPS) is 12.2. The van der Waals surface area contributed by atoms with Gasteiger partial charge in [0.1, 0.15) is 0 Å². The van der Waals surface area contributed by atoms with E-state index in [1.54, 1.807) is 0 Å². The lowest BCUT2D eigenvalue weighted by Gasteiger charge is -2.15. The number of hydrogen-bond acceptors (Lipinski definition) is 2. The van der Waals surface area contributed by atoms with Crippen LogP contribution in [0.3, 0.4) is 0 Å². The molecule has 0 atom stereocenters. The van der Waals surface area contributed by atoms with E-state index in [-0.39, 0.29) is 28.2 Å². The SMILES string of the molecule is Nc1cc(-c2ccccc2C(F)(F)F)nc(-c2ccccc2C(F)(F)F)c1. The molecule has 2 aromatic carbocycles. The maximum absolute atomic E-state index is 13.3. The Morgan fingerprint density at radius 3 is 1.37 bits per heavy atom. The van der Waals surface area contributed by atoms with E-state index < -0.39 is 23.5 Å². The molecule has 2 nitrogen and oxygen atoms in total. The predicted molar refractivity (Wildman–Crippen MR) is 89.5 cm³/mol. The first kappa shape index (κ1) is 18.8. The summed E-state index contributed by atoms with van der Waals surface area (Å²) in [5.41, 5.74) is 3.02. The number of hydrogen-bond donors (Lipinski definition) is 1. The fourth-order valence-electron chi connectivity index (χ4n) is 2.74. The Morgan fingerprint density at radius 1 is 0.630 bits per heavy atom. The number of anilines is 1. The second-order valence-corrected chi connectivity index (χ2v) is 5.76. The van der Waals surface area contributed by atoms with Gasteiger partial charge in [0.05, 0.1) is 22.5 Å². The molecular formula is C19H12F6N2. The van der Waals surface area contributed by atoms with Crippen molar-refractivity contribution >= 4 is 5.69 Å². The summed E-state index contributed by atoms with van der Waals surface area (Å²) in [6.07, 6.45) is -9.29.